The van der Waals surface area contributed by atoms with Crippen molar-refractivity contribution < 1.29 is 14.7 Å². The van der Waals surface area contributed by atoms with Crippen LogP contribution in [0, 0.1) is 11.3 Å². The van der Waals surface area contributed by atoms with Gasteiger partial charge in [-0.15, -0.1) is 0 Å². The Kier molecular flexibility index (Phi) is 3.40. The van der Waals surface area contributed by atoms with Crippen molar-refractivity contribution in [2.45, 2.75) is 45.4 Å². The van der Waals surface area contributed by atoms with Gasteiger partial charge in [0.05, 0.1) is 5.92 Å². The minimum Gasteiger partial charge on any atom is -0.481 e. The van der Waals surface area contributed by atoms with Crippen LogP contribution in [-0.2, 0) is 9.59 Å². The summed E-state index contributed by atoms with van der Waals surface area (Å²) < 4.78 is 0. The second-order valence-corrected chi connectivity index (χ2v) is 5.87. The van der Waals surface area contributed by atoms with Crippen LogP contribution < -0.4 is 0 Å². The molecule has 1 saturated heterocycles. The van der Waals surface area contributed by atoms with E-state index in [-0.39, 0.29) is 17.2 Å². The predicted molar refractivity (Wildman–Crippen MR) is 63.5 cm³/mol. The van der Waals surface area contributed by atoms with Gasteiger partial charge >= 0.3 is 5.97 Å². The second kappa shape index (κ2) is 4.67. The van der Waals surface area contributed by atoms with Gasteiger partial charge in [-0.05, 0) is 24.7 Å². The molecular weight excluding hydrogens is 218 g/mol. The maximum Gasteiger partial charge on any atom is 0.308 e. The fourth-order valence-electron chi connectivity index (χ4n) is 3.12. The van der Waals surface area contributed by atoms with E-state index in [1.54, 1.807) is 4.90 Å². The zero-order valence-corrected chi connectivity index (χ0v) is 10.4. The third kappa shape index (κ3) is 2.79. The number of carbonyl (C=O) groups is 2. The maximum absolute atomic E-state index is 11.8. The molecule has 1 saturated carbocycles. The van der Waals surface area contributed by atoms with Crippen LogP contribution in [0.5, 0.6) is 0 Å². The number of piperidine rings is 1. The molecule has 1 atom stereocenters. The number of amides is 1. The number of carbonyl (C=O) groups excluding carboxylic acids is 1. The van der Waals surface area contributed by atoms with E-state index in [2.05, 4.69) is 6.92 Å². The molecule has 1 N–H and O–H groups in total. The first-order valence-electron chi connectivity index (χ1n) is 6.51. The first-order valence-corrected chi connectivity index (χ1v) is 6.51. The Hall–Kier alpha value is -1.06. The number of likely N-dealkylation sites (tertiary alicyclic amines) is 1. The van der Waals surface area contributed by atoms with Crippen LogP contribution in [0.25, 0.3) is 0 Å². The van der Waals surface area contributed by atoms with Crippen LogP contribution in [-0.4, -0.2) is 35.0 Å². The van der Waals surface area contributed by atoms with E-state index in [0.717, 1.165) is 19.4 Å². The Morgan fingerprint density at radius 1 is 1.47 bits per heavy atom. The van der Waals surface area contributed by atoms with Crippen LogP contribution in [0.3, 0.4) is 0 Å². The van der Waals surface area contributed by atoms with E-state index in [0.29, 0.717) is 19.4 Å². The second-order valence-electron chi connectivity index (χ2n) is 5.87. The molecule has 1 aliphatic heterocycles. The van der Waals surface area contributed by atoms with Gasteiger partial charge in [0, 0.05) is 19.5 Å². The van der Waals surface area contributed by atoms with Gasteiger partial charge in [0.15, 0.2) is 0 Å². The van der Waals surface area contributed by atoms with Crippen molar-refractivity contribution in [2.75, 3.05) is 13.1 Å². The third-order valence-corrected chi connectivity index (χ3v) is 4.23. The predicted octanol–water partition coefficient (Wildman–Crippen LogP) is 1.89. The summed E-state index contributed by atoms with van der Waals surface area (Å²) in [4.78, 5) is 24.6. The number of carboxylic acids is 1. The Morgan fingerprint density at radius 3 is 2.71 bits per heavy atom. The molecule has 0 aromatic heterocycles. The fraction of sp³-hybridized carbons (Fsp3) is 0.846. The molecule has 1 aliphatic carbocycles. The van der Waals surface area contributed by atoms with Gasteiger partial charge in [-0.2, -0.15) is 0 Å². The summed E-state index contributed by atoms with van der Waals surface area (Å²) in [5, 5.41) is 9.03. The average Bonchev–Trinajstić information content (AvgIpc) is 2.68. The van der Waals surface area contributed by atoms with Gasteiger partial charge in [0.1, 0.15) is 0 Å². The lowest BCUT2D eigenvalue weighted by molar-refractivity contribution is -0.148. The Bertz CT molecular complexity index is 321. The van der Waals surface area contributed by atoms with E-state index >= 15 is 0 Å². The highest BCUT2D eigenvalue weighted by Gasteiger charge is 2.36. The minimum absolute atomic E-state index is 0.135. The molecule has 0 spiro atoms. The Balaban J connectivity index is 1.98. The molecular formula is C13H21NO3. The van der Waals surface area contributed by atoms with Crippen LogP contribution in [0.1, 0.15) is 45.4 Å². The van der Waals surface area contributed by atoms with Crippen molar-refractivity contribution in [1.82, 2.24) is 4.90 Å². The summed E-state index contributed by atoms with van der Waals surface area (Å²) in [5.41, 5.74) is 0.218. The lowest BCUT2D eigenvalue weighted by atomic mass is 9.86. The van der Waals surface area contributed by atoms with Crippen molar-refractivity contribution in [1.29, 1.82) is 0 Å². The molecule has 2 fully saturated rings. The third-order valence-electron chi connectivity index (χ3n) is 4.23. The van der Waals surface area contributed by atoms with E-state index in [9.17, 15) is 9.59 Å². The SMILES string of the molecule is CC1(CN2CC(C(=O)O)CCC2=O)CCCC1. The normalized spacial score (nSPS) is 28.4. The van der Waals surface area contributed by atoms with Crippen molar-refractivity contribution in [3.8, 4) is 0 Å². The number of aliphatic carboxylic acids is 1. The molecule has 0 aromatic carbocycles. The molecule has 0 bridgehead atoms. The quantitative estimate of drug-likeness (QED) is 0.818. The molecule has 96 valence electrons. The lowest BCUT2D eigenvalue weighted by Gasteiger charge is -2.36. The number of rotatable bonds is 3. The monoisotopic (exact) mass is 239 g/mol. The highest BCUT2D eigenvalue weighted by atomic mass is 16.4. The summed E-state index contributed by atoms with van der Waals surface area (Å²) >= 11 is 0. The lowest BCUT2D eigenvalue weighted by Crippen LogP contribution is -2.46. The van der Waals surface area contributed by atoms with E-state index < -0.39 is 5.97 Å². The zero-order chi connectivity index (χ0) is 12.5. The van der Waals surface area contributed by atoms with E-state index in [1.165, 1.54) is 12.8 Å². The molecule has 0 radical (unpaired) electrons. The van der Waals surface area contributed by atoms with Crippen molar-refractivity contribution in [3.63, 3.8) is 0 Å². The molecule has 4 nitrogen and oxygen atoms in total. The van der Waals surface area contributed by atoms with Crippen LogP contribution in [0.15, 0.2) is 0 Å². The highest BCUT2D eigenvalue weighted by molar-refractivity contribution is 5.80. The topological polar surface area (TPSA) is 57.6 Å². The summed E-state index contributed by atoms with van der Waals surface area (Å²) in [5.74, 6) is -0.993. The van der Waals surface area contributed by atoms with Gasteiger partial charge in [-0.1, -0.05) is 19.8 Å². The van der Waals surface area contributed by atoms with Crippen molar-refractivity contribution in [3.05, 3.63) is 0 Å². The molecule has 0 aromatic rings. The minimum atomic E-state index is -0.765. The number of carboxylic acid groups (broad SMARTS) is 1. The maximum atomic E-state index is 11.8. The van der Waals surface area contributed by atoms with Gasteiger partial charge in [-0.3, -0.25) is 9.59 Å². The van der Waals surface area contributed by atoms with Crippen molar-refractivity contribution >= 4 is 11.9 Å². The van der Waals surface area contributed by atoms with Crippen LogP contribution >= 0.6 is 0 Å². The van der Waals surface area contributed by atoms with Gasteiger partial charge in [0.25, 0.3) is 0 Å². The summed E-state index contributed by atoms with van der Waals surface area (Å²) in [6, 6.07) is 0. The molecule has 4 heteroatoms. The first-order chi connectivity index (χ1) is 8.00. The van der Waals surface area contributed by atoms with Crippen molar-refractivity contribution in [2.24, 2.45) is 11.3 Å². The molecule has 1 amide bonds. The Labute approximate surface area is 102 Å². The van der Waals surface area contributed by atoms with Gasteiger partial charge < -0.3 is 10.0 Å². The number of nitrogens with zero attached hydrogens (tertiary/aromatic N) is 1. The number of hydrogen-bond acceptors (Lipinski definition) is 2. The summed E-state index contributed by atoms with van der Waals surface area (Å²) in [6.45, 7) is 3.37. The number of hydrogen-bond donors (Lipinski definition) is 1. The Morgan fingerprint density at radius 2 is 2.12 bits per heavy atom. The summed E-state index contributed by atoms with van der Waals surface area (Å²) in [7, 11) is 0. The zero-order valence-electron chi connectivity index (χ0n) is 10.4. The van der Waals surface area contributed by atoms with Crippen LogP contribution in [0.4, 0.5) is 0 Å². The first kappa shape index (κ1) is 12.4. The van der Waals surface area contributed by atoms with E-state index in [4.69, 9.17) is 5.11 Å². The highest BCUT2D eigenvalue weighted by Crippen LogP contribution is 2.38. The fourth-order valence-corrected chi connectivity index (χ4v) is 3.12. The molecule has 2 rings (SSSR count). The van der Waals surface area contributed by atoms with Crippen LogP contribution in [0.2, 0.25) is 0 Å². The molecule has 1 heterocycles. The molecule has 2 aliphatic rings. The van der Waals surface area contributed by atoms with Gasteiger partial charge in [-0.25, -0.2) is 0 Å². The van der Waals surface area contributed by atoms with Gasteiger partial charge in [0.2, 0.25) is 5.91 Å². The summed E-state index contributed by atoms with van der Waals surface area (Å²) in [6.07, 6.45) is 5.69. The average molecular weight is 239 g/mol. The smallest absolute Gasteiger partial charge is 0.308 e. The standard InChI is InChI=1S/C13H21NO3/c1-13(6-2-3-7-13)9-14-8-10(12(16)17)4-5-11(14)15/h10H,2-9H2,1H3,(H,16,17). The largest absolute Gasteiger partial charge is 0.481 e. The van der Waals surface area contributed by atoms with E-state index in [1.807, 2.05) is 0 Å². The molecule has 17 heavy (non-hydrogen) atoms. The molecule has 1 unspecified atom stereocenters.